The zero-order chi connectivity index (χ0) is 15.8. The smallest absolute Gasteiger partial charge is 0.225 e. The van der Waals surface area contributed by atoms with E-state index in [1.54, 1.807) is 7.11 Å². The average Bonchev–Trinajstić information content (AvgIpc) is 3.04. The highest BCUT2D eigenvalue weighted by Crippen LogP contribution is 2.46. The summed E-state index contributed by atoms with van der Waals surface area (Å²) in [7, 11) is 1.67. The first kappa shape index (κ1) is 15.2. The Labute approximate surface area is 138 Å². The predicted molar refractivity (Wildman–Crippen MR) is 89.3 cm³/mol. The van der Waals surface area contributed by atoms with Crippen molar-refractivity contribution in [3.05, 3.63) is 35.9 Å². The molecule has 4 aliphatic rings. The molecule has 0 N–H and O–H groups in total. The second kappa shape index (κ2) is 6.25. The number of benzene rings is 1. The van der Waals surface area contributed by atoms with Gasteiger partial charge in [-0.1, -0.05) is 30.3 Å². The molecule has 2 bridgehead atoms. The third kappa shape index (κ3) is 2.58. The topological polar surface area (TPSA) is 32.8 Å². The zero-order valence-electron chi connectivity index (χ0n) is 13.9. The van der Waals surface area contributed by atoms with Gasteiger partial charge in [0.05, 0.1) is 19.1 Å². The van der Waals surface area contributed by atoms with Crippen molar-refractivity contribution in [2.24, 2.45) is 5.92 Å². The van der Waals surface area contributed by atoms with Crippen LogP contribution >= 0.6 is 0 Å². The van der Waals surface area contributed by atoms with Gasteiger partial charge < -0.3 is 9.64 Å². The Bertz CT molecular complexity index is 554. The van der Waals surface area contributed by atoms with Crippen LogP contribution in [0.2, 0.25) is 0 Å². The van der Waals surface area contributed by atoms with E-state index < -0.39 is 0 Å². The summed E-state index contributed by atoms with van der Waals surface area (Å²) in [5.74, 6) is 1.41. The zero-order valence-corrected chi connectivity index (χ0v) is 13.9. The number of nitrogens with zero attached hydrogens (tertiary/aromatic N) is 2. The number of amides is 1. The maximum Gasteiger partial charge on any atom is 0.225 e. The molecule has 0 aliphatic carbocycles. The number of piperidine rings is 3. The van der Waals surface area contributed by atoms with Crippen molar-refractivity contribution in [2.45, 2.75) is 37.3 Å². The molecule has 124 valence electrons. The molecule has 5 rings (SSSR count). The molecule has 4 fully saturated rings. The highest BCUT2D eigenvalue weighted by molar-refractivity contribution is 5.77. The number of hydrogen-bond acceptors (Lipinski definition) is 3. The Morgan fingerprint density at radius 3 is 2.61 bits per heavy atom. The van der Waals surface area contributed by atoms with Crippen LogP contribution in [-0.4, -0.2) is 61.1 Å². The number of fused-ring (bicyclic) bond motifs is 2. The molecule has 0 unspecified atom stereocenters. The monoisotopic (exact) mass is 314 g/mol. The molecule has 0 spiro atoms. The lowest BCUT2D eigenvalue weighted by atomic mass is 9.75. The van der Waals surface area contributed by atoms with E-state index >= 15 is 0 Å². The molecule has 0 saturated carbocycles. The van der Waals surface area contributed by atoms with Crippen LogP contribution in [0.4, 0.5) is 0 Å². The lowest BCUT2D eigenvalue weighted by molar-refractivity contribution is -0.136. The number of methoxy groups -OCH3 is 1. The number of likely N-dealkylation sites (tertiary alicyclic amines) is 1. The number of ether oxygens (including phenoxy) is 1. The summed E-state index contributed by atoms with van der Waals surface area (Å²) in [6.07, 6.45) is 3.00. The fourth-order valence-corrected chi connectivity index (χ4v) is 5.03. The molecule has 23 heavy (non-hydrogen) atoms. The lowest BCUT2D eigenvalue weighted by Crippen LogP contribution is -2.60. The SMILES string of the molecule is COCCC(=O)N1C[C@H](c2ccccc2)[C@H]2[C@@H]1C1CCN2CC1. The van der Waals surface area contributed by atoms with Crippen LogP contribution < -0.4 is 0 Å². The lowest BCUT2D eigenvalue weighted by Gasteiger charge is -2.51. The summed E-state index contributed by atoms with van der Waals surface area (Å²) in [6.45, 7) is 3.80. The molecule has 3 atom stereocenters. The van der Waals surface area contributed by atoms with Crippen molar-refractivity contribution >= 4 is 5.91 Å². The van der Waals surface area contributed by atoms with Crippen molar-refractivity contribution in [1.29, 1.82) is 0 Å². The van der Waals surface area contributed by atoms with Crippen LogP contribution in [0.25, 0.3) is 0 Å². The molecule has 4 aliphatic heterocycles. The number of carbonyl (C=O) groups is 1. The third-order valence-corrected chi connectivity index (χ3v) is 6.06. The largest absolute Gasteiger partial charge is 0.384 e. The van der Waals surface area contributed by atoms with Crippen LogP contribution in [0.3, 0.4) is 0 Å². The van der Waals surface area contributed by atoms with Gasteiger partial charge in [0.2, 0.25) is 5.91 Å². The summed E-state index contributed by atoms with van der Waals surface area (Å²) in [5, 5.41) is 0. The number of hydrogen-bond donors (Lipinski definition) is 0. The van der Waals surface area contributed by atoms with Crippen LogP contribution in [0.5, 0.6) is 0 Å². The van der Waals surface area contributed by atoms with Gasteiger partial charge in [-0.2, -0.15) is 0 Å². The Kier molecular flexibility index (Phi) is 4.12. The molecule has 1 aromatic carbocycles. The van der Waals surface area contributed by atoms with Gasteiger partial charge in [-0.05, 0) is 37.4 Å². The molecule has 0 radical (unpaired) electrons. The van der Waals surface area contributed by atoms with Crippen molar-refractivity contribution in [1.82, 2.24) is 9.80 Å². The van der Waals surface area contributed by atoms with E-state index in [9.17, 15) is 4.79 Å². The van der Waals surface area contributed by atoms with E-state index in [0.717, 1.165) is 6.54 Å². The maximum atomic E-state index is 12.7. The van der Waals surface area contributed by atoms with Gasteiger partial charge in [0.15, 0.2) is 0 Å². The highest BCUT2D eigenvalue weighted by Gasteiger charge is 2.54. The third-order valence-electron chi connectivity index (χ3n) is 6.06. The van der Waals surface area contributed by atoms with Gasteiger partial charge in [-0.25, -0.2) is 0 Å². The summed E-state index contributed by atoms with van der Waals surface area (Å²) < 4.78 is 5.12. The molecular weight excluding hydrogens is 288 g/mol. The van der Waals surface area contributed by atoms with E-state index in [-0.39, 0.29) is 5.91 Å². The molecule has 4 saturated heterocycles. The minimum atomic E-state index is 0.272. The van der Waals surface area contributed by atoms with Crippen molar-refractivity contribution in [3.8, 4) is 0 Å². The Hall–Kier alpha value is -1.39. The standard InChI is InChI=1S/C19H26N2O2/c1-23-12-9-17(22)21-13-16(14-5-3-2-4-6-14)19-18(21)15-7-10-20(19)11-8-15/h2-6,15-16,18-19H,7-13H2,1H3/t16-,18+,19+/m1/s1. The minimum absolute atomic E-state index is 0.272. The minimum Gasteiger partial charge on any atom is -0.384 e. The van der Waals surface area contributed by atoms with Gasteiger partial charge in [0.1, 0.15) is 0 Å². The molecule has 0 aromatic heterocycles. The van der Waals surface area contributed by atoms with Crippen molar-refractivity contribution in [3.63, 3.8) is 0 Å². The quantitative estimate of drug-likeness (QED) is 0.853. The first-order chi connectivity index (χ1) is 11.3. The molecule has 4 heteroatoms. The van der Waals surface area contributed by atoms with Gasteiger partial charge in [-0.15, -0.1) is 0 Å². The van der Waals surface area contributed by atoms with E-state index in [0.29, 0.717) is 36.9 Å². The van der Waals surface area contributed by atoms with Gasteiger partial charge >= 0.3 is 0 Å². The van der Waals surface area contributed by atoms with Gasteiger partial charge in [0, 0.05) is 25.6 Å². The van der Waals surface area contributed by atoms with E-state index in [4.69, 9.17) is 4.74 Å². The average molecular weight is 314 g/mol. The Balaban J connectivity index is 1.63. The summed E-state index contributed by atoms with van der Waals surface area (Å²) in [5.41, 5.74) is 1.39. The second-order valence-corrected chi connectivity index (χ2v) is 7.16. The van der Waals surface area contributed by atoms with Crippen molar-refractivity contribution in [2.75, 3.05) is 33.4 Å². The van der Waals surface area contributed by atoms with E-state index in [1.165, 1.54) is 31.5 Å². The Morgan fingerprint density at radius 1 is 1.17 bits per heavy atom. The maximum absolute atomic E-state index is 12.7. The van der Waals surface area contributed by atoms with E-state index in [1.807, 2.05) is 0 Å². The molecule has 4 heterocycles. The van der Waals surface area contributed by atoms with Gasteiger partial charge in [0.25, 0.3) is 0 Å². The highest BCUT2D eigenvalue weighted by atomic mass is 16.5. The fraction of sp³-hybridized carbons (Fsp3) is 0.632. The number of rotatable bonds is 4. The summed E-state index contributed by atoms with van der Waals surface area (Å²) in [6, 6.07) is 11.7. The Morgan fingerprint density at radius 2 is 1.91 bits per heavy atom. The normalized spacial score (nSPS) is 35.3. The first-order valence-electron chi connectivity index (χ1n) is 8.87. The predicted octanol–water partition coefficient (Wildman–Crippen LogP) is 2.11. The van der Waals surface area contributed by atoms with Crippen LogP contribution in [0, 0.1) is 5.92 Å². The van der Waals surface area contributed by atoms with Gasteiger partial charge in [-0.3, -0.25) is 9.69 Å². The molecule has 4 nitrogen and oxygen atoms in total. The molecular formula is C19H26N2O2. The van der Waals surface area contributed by atoms with Crippen molar-refractivity contribution < 1.29 is 9.53 Å². The van der Waals surface area contributed by atoms with Crippen LogP contribution in [0.15, 0.2) is 30.3 Å². The second-order valence-electron chi connectivity index (χ2n) is 7.16. The van der Waals surface area contributed by atoms with Crippen LogP contribution in [0.1, 0.15) is 30.7 Å². The summed E-state index contributed by atoms with van der Waals surface area (Å²) in [4.78, 5) is 17.6. The van der Waals surface area contributed by atoms with Crippen LogP contribution in [-0.2, 0) is 9.53 Å². The molecule has 1 aromatic rings. The van der Waals surface area contributed by atoms with E-state index in [2.05, 4.69) is 40.1 Å². The number of carbonyl (C=O) groups excluding carboxylic acids is 1. The fourth-order valence-electron chi connectivity index (χ4n) is 5.03. The first-order valence-corrected chi connectivity index (χ1v) is 8.87. The summed E-state index contributed by atoms with van der Waals surface area (Å²) >= 11 is 0. The molecule has 1 amide bonds.